The summed E-state index contributed by atoms with van der Waals surface area (Å²) in [6.07, 6.45) is 8.19. The maximum Gasteiger partial charge on any atom is 0.191 e. The second kappa shape index (κ2) is 9.29. The molecule has 2 aromatic carbocycles. The summed E-state index contributed by atoms with van der Waals surface area (Å²) >= 11 is 0. The zero-order valence-corrected chi connectivity index (χ0v) is 15.8. The lowest BCUT2D eigenvalue weighted by atomic mass is 9.77. The Balaban J connectivity index is 1.59. The highest BCUT2D eigenvalue weighted by molar-refractivity contribution is 5.29. The first kappa shape index (κ1) is 19.8. The number of rotatable bonds is 7. The third-order valence-electron chi connectivity index (χ3n) is 5.62. The van der Waals surface area contributed by atoms with Crippen LogP contribution in [0, 0.1) is 23.4 Å². The molecule has 1 aliphatic carbocycles. The lowest BCUT2D eigenvalue weighted by Gasteiger charge is -2.29. The quantitative estimate of drug-likeness (QED) is 0.499. The van der Waals surface area contributed by atoms with Gasteiger partial charge in [-0.25, -0.2) is 13.2 Å². The van der Waals surface area contributed by atoms with Gasteiger partial charge in [-0.2, -0.15) is 0 Å². The van der Waals surface area contributed by atoms with Crippen molar-refractivity contribution in [2.45, 2.75) is 64.4 Å². The molecule has 0 N–H and O–H groups in total. The molecule has 0 unspecified atom stereocenters. The van der Waals surface area contributed by atoms with E-state index in [0.717, 1.165) is 36.5 Å². The minimum absolute atomic E-state index is 0.0706. The second-order valence-electron chi connectivity index (χ2n) is 7.56. The molecule has 3 rings (SSSR count). The van der Waals surface area contributed by atoms with Crippen LogP contribution in [0.1, 0.15) is 68.9 Å². The number of para-hydroxylation sites is 1. The molecule has 27 heavy (non-hydrogen) atoms. The Kier molecular flexibility index (Phi) is 6.81. The number of unbranched alkanes of at least 4 members (excludes halogenated alkanes) is 1. The van der Waals surface area contributed by atoms with Crippen LogP contribution >= 0.6 is 0 Å². The van der Waals surface area contributed by atoms with Gasteiger partial charge < -0.3 is 4.74 Å². The molecule has 0 amide bonds. The normalized spacial score (nSPS) is 19.9. The number of ether oxygens (including phenoxy) is 1. The van der Waals surface area contributed by atoms with E-state index in [0.29, 0.717) is 5.56 Å². The summed E-state index contributed by atoms with van der Waals surface area (Å²) in [5.41, 5.74) is 1.32. The van der Waals surface area contributed by atoms with Crippen molar-refractivity contribution in [3.05, 3.63) is 65.0 Å². The van der Waals surface area contributed by atoms with E-state index in [2.05, 4.69) is 6.92 Å². The molecule has 146 valence electrons. The molecule has 1 fully saturated rings. The number of benzene rings is 2. The molecule has 1 nitrogen and oxygen atoms in total. The fourth-order valence-corrected chi connectivity index (χ4v) is 4.02. The highest BCUT2D eigenvalue weighted by Gasteiger charge is 2.24. The monoisotopic (exact) mass is 376 g/mol. The van der Waals surface area contributed by atoms with Gasteiger partial charge in [0.1, 0.15) is 12.4 Å². The van der Waals surface area contributed by atoms with Crippen LogP contribution in [0.5, 0.6) is 5.75 Å². The van der Waals surface area contributed by atoms with E-state index < -0.39 is 17.4 Å². The molecular weight excluding hydrogens is 349 g/mol. The fraction of sp³-hybridized carbons (Fsp3) is 0.478. The van der Waals surface area contributed by atoms with Crippen molar-refractivity contribution in [3.63, 3.8) is 0 Å². The molecule has 0 atom stereocenters. The van der Waals surface area contributed by atoms with Crippen LogP contribution in [-0.4, -0.2) is 0 Å². The Labute approximate surface area is 159 Å². The van der Waals surface area contributed by atoms with E-state index in [1.54, 1.807) is 6.07 Å². The Hall–Kier alpha value is -1.97. The van der Waals surface area contributed by atoms with Gasteiger partial charge in [0.25, 0.3) is 0 Å². The third kappa shape index (κ3) is 5.06. The van der Waals surface area contributed by atoms with Crippen LogP contribution in [0.2, 0.25) is 0 Å². The van der Waals surface area contributed by atoms with Gasteiger partial charge in [0.05, 0.1) is 0 Å². The summed E-state index contributed by atoms with van der Waals surface area (Å²) in [6.45, 7) is 2.14. The molecule has 0 aromatic heterocycles. The lowest BCUT2D eigenvalue weighted by molar-refractivity contribution is 0.273. The maximum absolute atomic E-state index is 14.6. The van der Waals surface area contributed by atoms with Crippen LogP contribution in [-0.2, 0) is 6.61 Å². The molecule has 0 heterocycles. The van der Waals surface area contributed by atoms with Crippen molar-refractivity contribution in [2.24, 2.45) is 5.92 Å². The Morgan fingerprint density at radius 2 is 1.63 bits per heavy atom. The van der Waals surface area contributed by atoms with Gasteiger partial charge in [-0.05, 0) is 66.8 Å². The molecule has 1 aliphatic rings. The highest BCUT2D eigenvalue weighted by atomic mass is 19.1. The van der Waals surface area contributed by atoms with Crippen LogP contribution in [0.4, 0.5) is 13.2 Å². The molecule has 4 heteroatoms. The van der Waals surface area contributed by atoms with Crippen molar-refractivity contribution < 1.29 is 17.9 Å². The Bertz CT molecular complexity index is 731. The number of halogens is 3. The SMILES string of the molecule is CCCCC1CCC(c2ccc(COc3c(F)cccc3F)cc2F)CC1. The second-order valence-corrected chi connectivity index (χ2v) is 7.56. The summed E-state index contributed by atoms with van der Waals surface area (Å²) in [5, 5.41) is 0. The molecule has 1 saturated carbocycles. The molecule has 0 aliphatic heterocycles. The Morgan fingerprint density at radius 3 is 2.26 bits per heavy atom. The van der Waals surface area contributed by atoms with Gasteiger partial charge >= 0.3 is 0 Å². The van der Waals surface area contributed by atoms with Crippen molar-refractivity contribution >= 4 is 0 Å². The molecule has 0 radical (unpaired) electrons. The van der Waals surface area contributed by atoms with Gasteiger partial charge in [0.15, 0.2) is 17.4 Å². The van der Waals surface area contributed by atoms with E-state index >= 15 is 0 Å². The van der Waals surface area contributed by atoms with E-state index in [1.807, 2.05) is 6.07 Å². The van der Waals surface area contributed by atoms with Gasteiger partial charge in [-0.15, -0.1) is 0 Å². The first-order chi connectivity index (χ1) is 13.1. The minimum Gasteiger partial charge on any atom is -0.483 e. The summed E-state index contributed by atoms with van der Waals surface area (Å²) in [7, 11) is 0. The summed E-state index contributed by atoms with van der Waals surface area (Å²) in [4.78, 5) is 0. The third-order valence-corrected chi connectivity index (χ3v) is 5.62. The standard InChI is InChI=1S/C23H27F3O/c1-2-3-5-16-8-11-18(12-9-16)19-13-10-17(14-22(19)26)15-27-23-20(24)6-4-7-21(23)25/h4,6-7,10,13-14,16,18H,2-3,5,8-9,11-12,15H2,1H3. The molecule has 2 aromatic rings. The van der Waals surface area contributed by atoms with Gasteiger partial charge in [-0.3, -0.25) is 0 Å². The maximum atomic E-state index is 14.6. The van der Waals surface area contributed by atoms with Crippen molar-refractivity contribution in [2.75, 3.05) is 0 Å². The highest BCUT2D eigenvalue weighted by Crippen LogP contribution is 2.38. The molecular formula is C23H27F3O. The van der Waals surface area contributed by atoms with Crippen molar-refractivity contribution in [1.29, 1.82) is 0 Å². The van der Waals surface area contributed by atoms with Crippen LogP contribution in [0.25, 0.3) is 0 Å². The minimum atomic E-state index is -0.757. The van der Waals surface area contributed by atoms with Crippen LogP contribution in [0.15, 0.2) is 36.4 Å². The van der Waals surface area contributed by atoms with E-state index in [9.17, 15) is 13.2 Å². The topological polar surface area (TPSA) is 9.23 Å². The summed E-state index contributed by atoms with van der Waals surface area (Å²) in [6, 6.07) is 8.58. The van der Waals surface area contributed by atoms with E-state index in [-0.39, 0.29) is 18.3 Å². The van der Waals surface area contributed by atoms with Crippen molar-refractivity contribution in [1.82, 2.24) is 0 Å². The smallest absolute Gasteiger partial charge is 0.191 e. The average Bonchev–Trinajstić information content (AvgIpc) is 2.67. The van der Waals surface area contributed by atoms with Gasteiger partial charge in [0, 0.05) is 0 Å². The van der Waals surface area contributed by atoms with E-state index in [4.69, 9.17) is 4.74 Å². The van der Waals surface area contributed by atoms with Crippen LogP contribution < -0.4 is 4.74 Å². The fourth-order valence-electron chi connectivity index (χ4n) is 4.02. The first-order valence-electron chi connectivity index (χ1n) is 9.93. The molecule has 0 saturated heterocycles. The zero-order chi connectivity index (χ0) is 19.2. The summed E-state index contributed by atoms with van der Waals surface area (Å²) < 4.78 is 47.1. The zero-order valence-electron chi connectivity index (χ0n) is 15.8. The molecule has 0 spiro atoms. The Morgan fingerprint density at radius 1 is 0.926 bits per heavy atom. The average molecular weight is 376 g/mol. The number of hydrogen-bond acceptors (Lipinski definition) is 1. The predicted octanol–water partition coefficient (Wildman–Crippen LogP) is 7.15. The lowest BCUT2D eigenvalue weighted by Crippen LogP contribution is -2.14. The number of hydrogen-bond donors (Lipinski definition) is 0. The molecule has 0 bridgehead atoms. The van der Waals surface area contributed by atoms with Crippen molar-refractivity contribution in [3.8, 4) is 5.75 Å². The van der Waals surface area contributed by atoms with Gasteiger partial charge in [-0.1, -0.05) is 44.4 Å². The van der Waals surface area contributed by atoms with Crippen LogP contribution in [0.3, 0.4) is 0 Å². The first-order valence-corrected chi connectivity index (χ1v) is 9.93. The van der Waals surface area contributed by atoms with Gasteiger partial charge in [0.2, 0.25) is 0 Å². The largest absolute Gasteiger partial charge is 0.483 e. The predicted molar refractivity (Wildman–Crippen MR) is 101 cm³/mol. The van der Waals surface area contributed by atoms with E-state index in [1.165, 1.54) is 44.2 Å². The summed E-state index contributed by atoms with van der Waals surface area (Å²) in [5.74, 6) is -1.14.